The van der Waals surface area contributed by atoms with Gasteiger partial charge in [-0.1, -0.05) is 6.07 Å². The maximum Gasteiger partial charge on any atom is 0.246 e. The van der Waals surface area contributed by atoms with Gasteiger partial charge in [-0.05, 0) is 36.2 Å². The van der Waals surface area contributed by atoms with Crippen molar-refractivity contribution in [1.82, 2.24) is 10.2 Å². The molecule has 0 radical (unpaired) electrons. The third-order valence-electron chi connectivity index (χ3n) is 4.42. The topological polar surface area (TPSA) is 81.0 Å². The molecule has 7 heteroatoms. The standard InChI is InChI=1S/C19H22N2O5/c1-24-16-6-5-13(10-17(16)25-2)7-8-21-18(22)11-15(19(21)23)20-12-14-4-3-9-26-14/h3-6,9-10,15,20H,7-8,11-12H2,1-2H3. The van der Waals surface area contributed by atoms with E-state index in [9.17, 15) is 9.59 Å². The largest absolute Gasteiger partial charge is 0.493 e. The zero-order valence-electron chi connectivity index (χ0n) is 14.9. The highest BCUT2D eigenvalue weighted by molar-refractivity contribution is 6.05. The van der Waals surface area contributed by atoms with Crippen molar-refractivity contribution in [1.29, 1.82) is 0 Å². The molecule has 2 amide bonds. The van der Waals surface area contributed by atoms with Gasteiger partial charge < -0.3 is 13.9 Å². The van der Waals surface area contributed by atoms with E-state index in [0.717, 1.165) is 11.3 Å². The van der Waals surface area contributed by atoms with Gasteiger partial charge in [0, 0.05) is 6.54 Å². The summed E-state index contributed by atoms with van der Waals surface area (Å²) in [6, 6.07) is 8.68. The van der Waals surface area contributed by atoms with Crippen LogP contribution in [-0.2, 0) is 22.6 Å². The van der Waals surface area contributed by atoms with E-state index in [4.69, 9.17) is 13.9 Å². The van der Waals surface area contributed by atoms with Crippen LogP contribution in [0.4, 0.5) is 0 Å². The van der Waals surface area contributed by atoms with Crippen LogP contribution >= 0.6 is 0 Å². The molecule has 1 aromatic heterocycles. The van der Waals surface area contributed by atoms with Gasteiger partial charge in [-0.15, -0.1) is 0 Å². The second-order valence-corrected chi connectivity index (χ2v) is 6.04. The monoisotopic (exact) mass is 358 g/mol. The summed E-state index contributed by atoms with van der Waals surface area (Å²) in [5.41, 5.74) is 0.968. The van der Waals surface area contributed by atoms with Crippen LogP contribution in [-0.4, -0.2) is 43.5 Å². The second kappa shape index (κ2) is 8.05. The Morgan fingerprint density at radius 1 is 1.19 bits per heavy atom. The van der Waals surface area contributed by atoms with Gasteiger partial charge in [-0.3, -0.25) is 19.8 Å². The van der Waals surface area contributed by atoms with E-state index in [0.29, 0.717) is 31.0 Å². The molecule has 0 bridgehead atoms. The highest BCUT2D eigenvalue weighted by Gasteiger charge is 2.37. The zero-order valence-corrected chi connectivity index (χ0v) is 14.9. The molecule has 2 heterocycles. The fourth-order valence-corrected chi connectivity index (χ4v) is 2.99. The van der Waals surface area contributed by atoms with Crippen LogP contribution in [0.25, 0.3) is 0 Å². The van der Waals surface area contributed by atoms with Crippen molar-refractivity contribution in [3.8, 4) is 11.5 Å². The number of carbonyl (C=O) groups excluding carboxylic acids is 2. The van der Waals surface area contributed by atoms with Crippen molar-refractivity contribution in [2.24, 2.45) is 0 Å². The number of benzene rings is 1. The predicted molar refractivity (Wildman–Crippen MR) is 93.9 cm³/mol. The van der Waals surface area contributed by atoms with E-state index >= 15 is 0 Å². The third kappa shape index (κ3) is 3.88. The number of nitrogens with zero attached hydrogens (tertiary/aromatic N) is 1. The van der Waals surface area contributed by atoms with Crippen molar-refractivity contribution in [3.63, 3.8) is 0 Å². The van der Waals surface area contributed by atoms with Crippen LogP contribution in [0.1, 0.15) is 17.7 Å². The lowest BCUT2D eigenvalue weighted by Crippen LogP contribution is -2.39. The lowest BCUT2D eigenvalue weighted by atomic mass is 10.1. The number of ether oxygens (including phenoxy) is 2. The number of furan rings is 1. The van der Waals surface area contributed by atoms with Crippen molar-refractivity contribution >= 4 is 11.8 Å². The molecule has 0 saturated carbocycles. The minimum absolute atomic E-state index is 0.160. The molecule has 2 aromatic rings. The molecule has 1 unspecified atom stereocenters. The number of imide groups is 1. The zero-order chi connectivity index (χ0) is 18.5. The van der Waals surface area contributed by atoms with Gasteiger partial charge in [0.2, 0.25) is 11.8 Å². The van der Waals surface area contributed by atoms with E-state index in [1.807, 2.05) is 24.3 Å². The van der Waals surface area contributed by atoms with E-state index in [-0.39, 0.29) is 18.2 Å². The highest BCUT2D eigenvalue weighted by atomic mass is 16.5. The molecule has 1 saturated heterocycles. The molecule has 1 aliphatic rings. The fraction of sp³-hybridized carbons (Fsp3) is 0.368. The molecule has 0 aliphatic carbocycles. The fourth-order valence-electron chi connectivity index (χ4n) is 2.99. The number of rotatable bonds is 8. The predicted octanol–water partition coefficient (Wildman–Crippen LogP) is 1.76. The van der Waals surface area contributed by atoms with Crippen LogP contribution in [0.3, 0.4) is 0 Å². The van der Waals surface area contributed by atoms with Crippen LogP contribution in [0.15, 0.2) is 41.0 Å². The SMILES string of the molecule is COc1ccc(CCN2C(=O)CC(NCc3ccco3)C2=O)cc1OC. The van der Waals surface area contributed by atoms with Gasteiger partial charge >= 0.3 is 0 Å². The van der Waals surface area contributed by atoms with Crippen molar-refractivity contribution in [3.05, 3.63) is 47.9 Å². The maximum atomic E-state index is 12.5. The second-order valence-electron chi connectivity index (χ2n) is 6.04. The Balaban J connectivity index is 1.57. The quantitative estimate of drug-likeness (QED) is 0.724. The number of amides is 2. The highest BCUT2D eigenvalue weighted by Crippen LogP contribution is 2.28. The van der Waals surface area contributed by atoms with Crippen LogP contribution in [0.2, 0.25) is 0 Å². The molecule has 26 heavy (non-hydrogen) atoms. The summed E-state index contributed by atoms with van der Waals surface area (Å²) in [5.74, 6) is 1.65. The average molecular weight is 358 g/mol. The van der Waals surface area contributed by atoms with E-state index in [1.165, 1.54) is 4.90 Å². The van der Waals surface area contributed by atoms with Crippen LogP contribution in [0.5, 0.6) is 11.5 Å². The maximum absolute atomic E-state index is 12.5. The van der Waals surface area contributed by atoms with Gasteiger partial charge in [0.05, 0.1) is 39.5 Å². The summed E-state index contributed by atoms with van der Waals surface area (Å²) in [6.07, 6.45) is 2.31. The first-order chi connectivity index (χ1) is 12.6. The van der Waals surface area contributed by atoms with Gasteiger partial charge in [0.1, 0.15) is 5.76 Å². The van der Waals surface area contributed by atoms with Crippen LogP contribution < -0.4 is 14.8 Å². The summed E-state index contributed by atoms with van der Waals surface area (Å²) in [4.78, 5) is 26.0. The molecule has 1 aliphatic heterocycles. The molecular weight excluding hydrogens is 336 g/mol. The van der Waals surface area contributed by atoms with Gasteiger partial charge in [-0.25, -0.2) is 0 Å². The van der Waals surface area contributed by atoms with E-state index < -0.39 is 6.04 Å². The Bertz CT molecular complexity index is 772. The Kier molecular flexibility index (Phi) is 5.58. The Hall–Kier alpha value is -2.80. The molecular formula is C19H22N2O5. The molecule has 138 valence electrons. The Morgan fingerprint density at radius 2 is 2.00 bits per heavy atom. The molecule has 1 aromatic carbocycles. The normalized spacial score (nSPS) is 17.0. The first-order valence-electron chi connectivity index (χ1n) is 8.43. The number of carbonyl (C=O) groups is 2. The third-order valence-corrected chi connectivity index (χ3v) is 4.42. The Morgan fingerprint density at radius 3 is 2.69 bits per heavy atom. The average Bonchev–Trinajstić information content (AvgIpc) is 3.26. The smallest absolute Gasteiger partial charge is 0.246 e. The van der Waals surface area contributed by atoms with Crippen molar-refractivity contribution in [2.75, 3.05) is 20.8 Å². The number of likely N-dealkylation sites (tertiary alicyclic amines) is 1. The molecule has 3 rings (SSSR count). The van der Waals surface area contributed by atoms with Gasteiger partial charge in [-0.2, -0.15) is 0 Å². The molecule has 1 N–H and O–H groups in total. The summed E-state index contributed by atoms with van der Waals surface area (Å²) < 4.78 is 15.7. The molecule has 1 atom stereocenters. The van der Waals surface area contributed by atoms with Crippen molar-refractivity contribution in [2.45, 2.75) is 25.4 Å². The summed E-state index contributed by atoms with van der Waals surface area (Å²) >= 11 is 0. The minimum Gasteiger partial charge on any atom is -0.493 e. The lowest BCUT2D eigenvalue weighted by molar-refractivity contribution is -0.138. The Labute approximate surface area is 151 Å². The van der Waals surface area contributed by atoms with Crippen LogP contribution in [0, 0.1) is 0 Å². The molecule has 1 fully saturated rings. The van der Waals surface area contributed by atoms with E-state index in [2.05, 4.69) is 5.32 Å². The number of methoxy groups -OCH3 is 2. The van der Waals surface area contributed by atoms with Crippen molar-refractivity contribution < 1.29 is 23.5 Å². The minimum atomic E-state index is -0.502. The lowest BCUT2D eigenvalue weighted by Gasteiger charge is -2.16. The number of hydrogen-bond donors (Lipinski definition) is 1. The summed E-state index contributed by atoms with van der Waals surface area (Å²) in [5, 5.41) is 3.08. The summed E-state index contributed by atoms with van der Waals surface area (Å²) in [7, 11) is 3.15. The van der Waals surface area contributed by atoms with E-state index in [1.54, 1.807) is 26.5 Å². The van der Waals surface area contributed by atoms with Gasteiger partial charge in [0.15, 0.2) is 11.5 Å². The number of hydrogen-bond acceptors (Lipinski definition) is 6. The molecule has 7 nitrogen and oxygen atoms in total. The first kappa shape index (κ1) is 18.0. The number of nitrogens with one attached hydrogen (secondary N) is 1. The molecule has 0 spiro atoms. The first-order valence-corrected chi connectivity index (χ1v) is 8.43. The van der Waals surface area contributed by atoms with Gasteiger partial charge in [0.25, 0.3) is 0 Å². The summed E-state index contributed by atoms with van der Waals surface area (Å²) in [6.45, 7) is 0.756.